The molecule has 0 aliphatic carbocycles. The average molecular weight is 396 g/mol. The first-order valence-electron chi connectivity index (χ1n) is 6.51. The van der Waals surface area contributed by atoms with E-state index in [1.165, 1.54) is 3.57 Å². The summed E-state index contributed by atoms with van der Waals surface area (Å²) in [4.78, 5) is 11.3. The van der Waals surface area contributed by atoms with Gasteiger partial charge in [0.1, 0.15) is 5.75 Å². The van der Waals surface area contributed by atoms with Crippen LogP contribution in [0.4, 0.5) is 5.69 Å². The van der Waals surface area contributed by atoms with Crippen LogP contribution in [0.1, 0.15) is 28.9 Å². The number of rotatable bonds is 5. The maximum atomic E-state index is 11.3. The van der Waals surface area contributed by atoms with Gasteiger partial charge in [-0.3, -0.25) is 4.79 Å². The molecule has 21 heavy (non-hydrogen) atoms. The Hall–Kier alpha value is -1.76. The van der Waals surface area contributed by atoms with Crippen LogP contribution in [0.15, 0.2) is 42.5 Å². The molecule has 0 fully saturated rings. The van der Waals surface area contributed by atoms with Gasteiger partial charge < -0.3 is 15.8 Å². The van der Waals surface area contributed by atoms with E-state index in [1.807, 2.05) is 0 Å². The zero-order chi connectivity index (χ0) is 15.4. The molecule has 1 unspecified atom stereocenters. The largest absolute Gasteiger partial charge is 0.495 e. The van der Waals surface area contributed by atoms with Crippen LogP contribution in [0.3, 0.4) is 0 Å². The highest BCUT2D eigenvalue weighted by molar-refractivity contribution is 14.1. The van der Waals surface area contributed by atoms with Crippen LogP contribution < -0.4 is 15.8 Å². The van der Waals surface area contributed by atoms with Crippen LogP contribution in [-0.4, -0.2) is 13.0 Å². The molecular weight excluding hydrogens is 379 g/mol. The van der Waals surface area contributed by atoms with E-state index in [0.717, 1.165) is 11.3 Å². The van der Waals surface area contributed by atoms with Crippen LogP contribution in [0.25, 0.3) is 0 Å². The van der Waals surface area contributed by atoms with Crippen molar-refractivity contribution >= 4 is 34.2 Å². The highest BCUT2D eigenvalue weighted by Gasteiger charge is 2.11. The number of methoxy groups -OCH3 is 1. The molecule has 0 aliphatic rings. The number of carbonyl (C=O) groups excluding carboxylic acids is 1. The first-order valence-corrected chi connectivity index (χ1v) is 7.59. The molecule has 0 aliphatic heterocycles. The topological polar surface area (TPSA) is 64.3 Å². The Labute approximate surface area is 137 Å². The van der Waals surface area contributed by atoms with Gasteiger partial charge in [-0.2, -0.15) is 0 Å². The van der Waals surface area contributed by atoms with Gasteiger partial charge in [0.15, 0.2) is 0 Å². The molecule has 3 N–H and O–H groups in total. The summed E-state index contributed by atoms with van der Waals surface area (Å²) < 4.78 is 6.51. The summed E-state index contributed by atoms with van der Waals surface area (Å²) in [6.07, 6.45) is 0. The van der Waals surface area contributed by atoms with Crippen LogP contribution in [-0.2, 0) is 0 Å². The molecule has 0 radical (unpaired) electrons. The van der Waals surface area contributed by atoms with Gasteiger partial charge in [-0.05, 0) is 65.4 Å². The molecule has 0 spiro atoms. The van der Waals surface area contributed by atoms with Crippen molar-refractivity contribution in [1.82, 2.24) is 0 Å². The monoisotopic (exact) mass is 396 g/mol. The molecule has 0 saturated carbocycles. The number of benzene rings is 2. The number of halogens is 1. The molecule has 2 aromatic rings. The van der Waals surface area contributed by atoms with E-state index in [2.05, 4.69) is 59.1 Å². The second-order valence-electron chi connectivity index (χ2n) is 4.70. The van der Waals surface area contributed by atoms with Crippen molar-refractivity contribution in [2.45, 2.75) is 13.0 Å². The van der Waals surface area contributed by atoms with Gasteiger partial charge in [0.05, 0.1) is 12.8 Å². The summed E-state index contributed by atoms with van der Waals surface area (Å²) >= 11 is 2.27. The van der Waals surface area contributed by atoms with E-state index in [-0.39, 0.29) is 6.04 Å². The standard InChI is InChI=1S/C16H17IN2O2/c1-10(11-3-6-13(17)7-4-11)19-14-9-12(16(18)20)5-8-15(14)21-2/h3-10,19H,1-2H3,(H2,18,20). The van der Waals surface area contributed by atoms with Gasteiger partial charge >= 0.3 is 0 Å². The van der Waals surface area contributed by atoms with Crippen LogP contribution in [0.5, 0.6) is 5.75 Å². The molecule has 1 amide bonds. The number of carbonyl (C=O) groups is 1. The summed E-state index contributed by atoms with van der Waals surface area (Å²) in [5.74, 6) is 0.222. The average Bonchev–Trinajstić information content (AvgIpc) is 2.47. The van der Waals surface area contributed by atoms with Crippen molar-refractivity contribution in [3.8, 4) is 5.75 Å². The van der Waals surface area contributed by atoms with Crippen molar-refractivity contribution < 1.29 is 9.53 Å². The molecule has 0 heterocycles. The van der Waals surface area contributed by atoms with Crippen LogP contribution in [0, 0.1) is 3.57 Å². The first kappa shape index (κ1) is 15.6. The molecule has 0 saturated heterocycles. The van der Waals surface area contributed by atoms with Crippen molar-refractivity contribution in [2.75, 3.05) is 12.4 Å². The highest BCUT2D eigenvalue weighted by Crippen LogP contribution is 2.29. The van der Waals surface area contributed by atoms with Crippen LogP contribution in [0.2, 0.25) is 0 Å². The summed E-state index contributed by atoms with van der Waals surface area (Å²) in [5, 5.41) is 3.36. The summed E-state index contributed by atoms with van der Waals surface area (Å²) in [5.41, 5.74) is 7.68. The van der Waals surface area contributed by atoms with E-state index in [0.29, 0.717) is 11.3 Å². The van der Waals surface area contributed by atoms with Gasteiger partial charge in [0.25, 0.3) is 0 Å². The van der Waals surface area contributed by atoms with Gasteiger partial charge in [-0.25, -0.2) is 0 Å². The number of anilines is 1. The third kappa shape index (κ3) is 3.87. The van der Waals surface area contributed by atoms with E-state index < -0.39 is 5.91 Å². The third-order valence-corrected chi connectivity index (χ3v) is 3.95. The lowest BCUT2D eigenvalue weighted by Crippen LogP contribution is -2.13. The van der Waals surface area contributed by atoms with E-state index in [4.69, 9.17) is 10.5 Å². The SMILES string of the molecule is COc1ccc(C(N)=O)cc1NC(C)c1ccc(I)cc1. The molecule has 0 aromatic heterocycles. The summed E-state index contributed by atoms with van der Waals surface area (Å²) in [6, 6.07) is 13.5. The van der Waals surface area contributed by atoms with E-state index in [9.17, 15) is 4.79 Å². The van der Waals surface area contributed by atoms with Gasteiger partial charge in [-0.1, -0.05) is 12.1 Å². The minimum Gasteiger partial charge on any atom is -0.495 e. The number of hydrogen-bond acceptors (Lipinski definition) is 3. The van der Waals surface area contributed by atoms with Gasteiger partial charge in [-0.15, -0.1) is 0 Å². The molecule has 4 nitrogen and oxygen atoms in total. The Balaban J connectivity index is 2.26. The molecule has 2 rings (SSSR count). The van der Waals surface area contributed by atoms with Crippen molar-refractivity contribution in [3.63, 3.8) is 0 Å². The van der Waals surface area contributed by atoms with Crippen molar-refractivity contribution in [2.24, 2.45) is 5.73 Å². The van der Waals surface area contributed by atoms with Gasteiger partial charge in [0.2, 0.25) is 5.91 Å². The fourth-order valence-corrected chi connectivity index (χ4v) is 2.40. The second-order valence-corrected chi connectivity index (χ2v) is 5.94. The Morgan fingerprint density at radius 2 is 1.90 bits per heavy atom. The maximum Gasteiger partial charge on any atom is 0.248 e. The van der Waals surface area contributed by atoms with E-state index >= 15 is 0 Å². The normalized spacial score (nSPS) is 11.8. The Morgan fingerprint density at radius 3 is 2.48 bits per heavy atom. The maximum absolute atomic E-state index is 11.3. The lowest BCUT2D eigenvalue weighted by molar-refractivity contribution is 0.100. The fourth-order valence-electron chi connectivity index (χ4n) is 2.04. The summed E-state index contributed by atoms with van der Waals surface area (Å²) in [7, 11) is 1.60. The predicted octanol–water partition coefficient (Wildman–Crippen LogP) is 3.57. The Morgan fingerprint density at radius 1 is 1.24 bits per heavy atom. The smallest absolute Gasteiger partial charge is 0.248 e. The lowest BCUT2D eigenvalue weighted by atomic mass is 10.1. The van der Waals surface area contributed by atoms with Crippen molar-refractivity contribution in [3.05, 3.63) is 57.2 Å². The van der Waals surface area contributed by atoms with Crippen LogP contribution >= 0.6 is 22.6 Å². The fraction of sp³-hybridized carbons (Fsp3) is 0.188. The third-order valence-electron chi connectivity index (χ3n) is 3.23. The predicted molar refractivity (Wildman–Crippen MR) is 92.7 cm³/mol. The number of primary amides is 1. The number of nitrogens with two attached hydrogens (primary N) is 1. The lowest BCUT2D eigenvalue weighted by Gasteiger charge is -2.18. The van der Waals surface area contributed by atoms with Gasteiger partial charge in [0, 0.05) is 15.2 Å². The Bertz CT molecular complexity index is 641. The van der Waals surface area contributed by atoms with E-state index in [1.54, 1.807) is 25.3 Å². The first-order chi connectivity index (χ1) is 10.0. The molecule has 110 valence electrons. The molecule has 1 atom stereocenters. The quantitative estimate of drug-likeness (QED) is 0.760. The molecular formula is C16H17IN2O2. The number of ether oxygens (including phenoxy) is 1. The number of hydrogen-bond donors (Lipinski definition) is 2. The summed E-state index contributed by atoms with van der Waals surface area (Å²) in [6.45, 7) is 2.05. The Kier molecular flexibility index (Phi) is 5.06. The number of amides is 1. The minimum absolute atomic E-state index is 0.0824. The molecule has 0 bridgehead atoms. The zero-order valence-electron chi connectivity index (χ0n) is 11.9. The molecule has 5 heteroatoms. The highest BCUT2D eigenvalue weighted by atomic mass is 127. The minimum atomic E-state index is -0.456. The number of nitrogens with one attached hydrogen (secondary N) is 1. The molecule has 2 aromatic carbocycles. The van der Waals surface area contributed by atoms with Crippen molar-refractivity contribution in [1.29, 1.82) is 0 Å². The zero-order valence-corrected chi connectivity index (χ0v) is 14.0. The second kappa shape index (κ2) is 6.80.